The van der Waals surface area contributed by atoms with Crippen LogP contribution in [-0.2, 0) is 18.0 Å². The molecule has 9 nitrogen and oxygen atoms in total. The zero-order valence-corrected chi connectivity index (χ0v) is 19.9. The lowest BCUT2D eigenvalue weighted by atomic mass is 10.1. The standard InChI is InChI=1S/C23H25F4N7O2/c1-4-32-7-9-33(10-8-32)20-18(12-28-21-19(20)14(2)30-31(21)3)29-22(36)34(13-35)15-5-6-17(24)16(11-15)23(25,26)27/h5-6,11-13H,4,7-10H2,1-3H3,(H,29,36). The molecule has 0 unspecified atom stereocenters. The summed E-state index contributed by atoms with van der Waals surface area (Å²) in [6.07, 6.45) is -3.49. The van der Waals surface area contributed by atoms with E-state index >= 15 is 0 Å². The lowest BCUT2D eigenvalue weighted by molar-refractivity contribution is -0.140. The van der Waals surface area contributed by atoms with Gasteiger partial charge in [0.25, 0.3) is 0 Å². The van der Waals surface area contributed by atoms with Crippen LogP contribution in [0.2, 0.25) is 0 Å². The van der Waals surface area contributed by atoms with E-state index in [1.165, 1.54) is 6.20 Å². The van der Waals surface area contributed by atoms with E-state index < -0.39 is 29.3 Å². The minimum atomic E-state index is -4.99. The van der Waals surface area contributed by atoms with E-state index in [4.69, 9.17) is 0 Å². The number of amides is 3. The molecule has 192 valence electrons. The Balaban J connectivity index is 1.72. The number of hydrogen-bond acceptors (Lipinski definition) is 6. The molecule has 1 saturated heterocycles. The number of alkyl halides is 3. The Hall–Kier alpha value is -3.74. The van der Waals surface area contributed by atoms with Crippen LogP contribution in [-0.4, -0.2) is 64.8 Å². The van der Waals surface area contributed by atoms with Crippen LogP contribution < -0.4 is 15.1 Å². The number of piperazine rings is 1. The van der Waals surface area contributed by atoms with Crippen LogP contribution in [0.25, 0.3) is 11.0 Å². The van der Waals surface area contributed by atoms with Crippen molar-refractivity contribution >= 4 is 40.5 Å². The highest BCUT2D eigenvalue weighted by Crippen LogP contribution is 2.37. The third-order valence-corrected chi connectivity index (χ3v) is 6.23. The molecule has 0 spiro atoms. The second-order valence-electron chi connectivity index (χ2n) is 8.42. The second-order valence-corrected chi connectivity index (χ2v) is 8.42. The van der Waals surface area contributed by atoms with E-state index in [-0.39, 0.29) is 12.1 Å². The summed E-state index contributed by atoms with van der Waals surface area (Å²) >= 11 is 0. The molecule has 1 fully saturated rings. The van der Waals surface area contributed by atoms with Gasteiger partial charge in [0.2, 0.25) is 6.41 Å². The number of rotatable bonds is 5. The molecule has 0 atom stereocenters. The van der Waals surface area contributed by atoms with E-state index in [1.807, 2.05) is 6.92 Å². The van der Waals surface area contributed by atoms with Crippen molar-refractivity contribution in [2.45, 2.75) is 20.0 Å². The molecule has 3 heterocycles. The molecule has 3 aromatic rings. The van der Waals surface area contributed by atoms with Crippen LogP contribution in [0.15, 0.2) is 24.4 Å². The number of imide groups is 1. The van der Waals surface area contributed by atoms with E-state index in [9.17, 15) is 27.2 Å². The van der Waals surface area contributed by atoms with E-state index in [1.54, 1.807) is 11.7 Å². The number of benzene rings is 1. The molecule has 1 N–H and O–H groups in total. The SMILES string of the molecule is CCN1CCN(c2c(NC(=O)N(C=O)c3ccc(F)c(C(F)(F)F)c3)cnc3c2c(C)nn3C)CC1. The predicted molar refractivity (Wildman–Crippen MR) is 127 cm³/mol. The summed E-state index contributed by atoms with van der Waals surface area (Å²) in [5.74, 6) is -1.51. The molecular formula is C23H25F4N7O2. The molecular weight excluding hydrogens is 482 g/mol. The number of nitrogens with zero attached hydrogens (tertiary/aromatic N) is 6. The fourth-order valence-electron chi connectivity index (χ4n) is 4.38. The Morgan fingerprint density at radius 2 is 1.92 bits per heavy atom. The first-order valence-electron chi connectivity index (χ1n) is 11.3. The maximum atomic E-state index is 13.7. The van der Waals surface area contributed by atoms with Crippen molar-refractivity contribution in [3.63, 3.8) is 0 Å². The molecule has 36 heavy (non-hydrogen) atoms. The first kappa shape index (κ1) is 25.4. The molecule has 0 radical (unpaired) electrons. The van der Waals surface area contributed by atoms with Gasteiger partial charge in [-0.1, -0.05) is 6.92 Å². The highest BCUT2D eigenvalue weighted by molar-refractivity contribution is 6.14. The van der Waals surface area contributed by atoms with Gasteiger partial charge >= 0.3 is 12.2 Å². The van der Waals surface area contributed by atoms with E-state index in [0.717, 1.165) is 31.1 Å². The van der Waals surface area contributed by atoms with Gasteiger partial charge in [0.15, 0.2) is 5.65 Å². The molecule has 3 amide bonds. The minimum absolute atomic E-state index is 0.0731. The summed E-state index contributed by atoms with van der Waals surface area (Å²) in [5, 5.41) is 7.76. The first-order valence-corrected chi connectivity index (χ1v) is 11.3. The Kier molecular flexibility index (Phi) is 6.85. The number of fused-ring (bicyclic) bond motifs is 1. The Morgan fingerprint density at radius 3 is 2.53 bits per heavy atom. The fourth-order valence-corrected chi connectivity index (χ4v) is 4.38. The number of likely N-dealkylation sites (N-methyl/N-ethyl adjacent to an activating group) is 1. The zero-order valence-electron chi connectivity index (χ0n) is 19.9. The van der Waals surface area contributed by atoms with Crippen molar-refractivity contribution in [3.8, 4) is 0 Å². The number of pyridine rings is 1. The number of carbonyl (C=O) groups excluding carboxylic acids is 2. The molecule has 2 aromatic heterocycles. The topological polar surface area (TPSA) is 86.6 Å². The lowest BCUT2D eigenvalue weighted by Crippen LogP contribution is -2.46. The summed E-state index contributed by atoms with van der Waals surface area (Å²) < 4.78 is 54.9. The molecule has 0 bridgehead atoms. The van der Waals surface area contributed by atoms with Gasteiger partial charge in [-0.2, -0.15) is 18.3 Å². The number of anilines is 3. The first-order chi connectivity index (χ1) is 17.0. The van der Waals surface area contributed by atoms with Crippen molar-refractivity contribution in [2.75, 3.05) is 47.8 Å². The van der Waals surface area contributed by atoms with Gasteiger partial charge in [0.1, 0.15) is 5.82 Å². The molecule has 1 aliphatic heterocycles. The molecule has 13 heteroatoms. The third kappa shape index (κ3) is 4.70. The summed E-state index contributed by atoms with van der Waals surface area (Å²) in [4.78, 5) is 34.1. The number of nitrogens with one attached hydrogen (secondary N) is 1. The third-order valence-electron chi connectivity index (χ3n) is 6.23. The molecule has 1 aliphatic rings. The predicted octanol–water partition coefficient (Wildman–Crippen LogP) is 3.77. The Labute approximate surface area is 204 Å². The monoisotopic (exact) mass is 507 g/mol. The average molecular weight is 507 g/mol. The quantitative estimate of drug-likeness (QED) is 0.418. The van der Waals surface area contributed by atoms with Crippen LogP contribution in [0, 0.1) is 12.7 Å². The summed E-state index contributed by atoms with van der Waals surface area (Å²) in [6, 6.07) is 0.894. The maximum Gasteiger partial charge on any atom is 0.419 e. The van der Waals surface area contributed by atoms with Gasteiger partial charge in [-0.05, 0) is 31.7 Å². The number of hydrogen-bond donors (Lipinski definition) is 1. The number of halogens is 4. The molecule has 0 aliphatic carbocycles. The van der Waals surface area contributed by atoms with Crippen LogP contribution in [0.3, 0.4) is 0 Å². The van der Waals surface area contributed by atoms with Crippen molar-refractivity contribution in [2.24, 2.45) is 7.05 Å². The van der Waals surface area contributed by atoms with E-state index in [2.05, 4.69) is 32.1 Å². The molecule has 4 rings (SSSR count). The second kappa shape index (κ2) is 9.72. The highest BCUT2D eigenvalue weighted by Gasteiger charge is 2.35. The zero-order chi connectivity index (χ0) is 26.2. The minimum Gasteiger partial charge on any atom is -0.367 e. The van der Waals surface area contributed by atoms with E-state index in [0.29, 0.717) is 47.2 Å². The van der Waals surface area contributed by atoms with Gasteiger partial charge in [0, 0.05) is 33.2 Å². The average Bonchev–Trinajstić information content (AvgIpc) is 3.13. The number of aromatic nitrogens is 3. The van der Waals surface area contributed by atoms with Gasteiger partial charge in [-0.3, -0.25) is 9.48 Å². The number of aryl methyl sites for hydroxylation is 2. The Bertz CT molecular complexity index is 1300. The fraction of sp³-hybridized carbons (Fsp3) is 0.391. The van der Waals surface area contributed by atoms with Crippen LogP contribution >= 0.6 is 0 Å². The van der Waals surface area contributed by atoms with Gasteiger partial charge in [-0.25, -0.2) is 19.1 Å². The van der Waals surface area contributed by atoms with Gasteiger partial charge in [-0.15, -0.1) is 0 Å². The van der Waals surface area contributed by atoms with Crippen LogP contribution in [0.4, 0.5) is 39.4 Å². The number of urea groups is 1. The van der Waals surface area contributed by atoms with Crippen molar-refractivity contribution in [1.29, 1.82) is 0 Å². The van der Waals surface area contributed by atoms with Crippen molar-refractivity contribution < 1.29 is 27.2 Å². The summed E-state index contributed by atoms with van der Waals surface area (Å²) in [5.41, 5.74) is 0.210. The van der Waals surface area contributed by atoms with Gasteiger partial charge in [0.05, 0.1) is 39.9 Å². The molecule has 0 saturated carbocycles. The van der Waals surface area contributed by atoms with Gasteiger partial charge < -0.3 is 15.1 Å². The van der Waals surface area contributed by atoms with Crippen LogP contribution in [0.5, 0.6) is 0 Å². The summed E-state index contributed by atoms with van der Waals surface area (Å²) in [7, 11) is 1.75. The largest absolute Gasteiger partial charge is 0.419 e. The Morgan fingerprint density at radius 1 is 1.22 bits per heavy atom. The maximum absolute atomic E-state index is 13.7. The number of carbonyl (C=O) groups is 2. The molecule has 1 aromatic carbocycles. The van der Waals surface area contributed by atoms with Crippen molar-refractivity contribution in [3.05, 3.63) is 41.5 Å². The van der Waals surface area contributed by atoms with Crippen LogP contribution in [0.1, 0.15) is 18.2 Å². The highest BCUT2D eigenvalue weighted by atomic mass is 19.4. The normalized spacial score (nSPS) is 14.8. The smallest absolute Gasteiger partial charge is 0.367 e. The summed E-state index contributed by atoms with van der Waals surface area (Å²) in [6.45, 7) is 7.71. The van der Waals surface area contributed by atoms with Crippen molar-refractivity contribution in [1.82, 2.24) is 19.7 Å². The lowest BCUT2D eigenvalue weighted by Gasteiger charge is -2.36.